The number of H-pyrrole nitrogens is 1. The Bertz CT molecular complexity index is 519. The molecular formula is C16H21N3. The van der Waals surface area contributed by atoms with Crippen LogP contribution >= 0.6 is 0 Å². The molecule has 1 aromatic carbocycles. The van der Waals surface area contributed by atoms with Crippen LogP contribution < -0.4 is 0 Å². The minimum absolute atomic E-state index is 0.677. The lowest BCUT2D eigenvalue weighted by Crippen LogP contribution is -2.34. The van der Waals surface area contributed by atoms with E-state index in [2.05, 4.69) is 52.4 Å². The van der Waals surface area contributed by atoms with Crippen molar-refractivity contribution in [3.05, 3.63) is 53.3 Å². The van der Waals surface area contributed by atoms with Crippen molar-refractivity contribution in [1.29, 1.82) is 0 Å². The van der Waals surface area contributed by atoms with Crippen molar-refractivity contribution in [3.63, 3.8) is 0 Å². The zero-order valence-corrected chi connectivity index (χ0v) is 11.5. The molecule has 1 saturated heterocycles. The van der Waals surface area contributed by atoms with Gasteiger partial charge in [-0.05, 0) is 43.9 Å². The van der Waals surface area contributed by atoms with E-state index in [4.69, 9.17) is 0 Å². The zero-order valence-electron chi connectivity index (χ0n) is 11.5. The van der Waals surface area contributed by atoms with Crippen molar-refractivity contribution < 1.29 is 0 Å². The minimum atomic E-state index is 0.677. The van der Waals surface area contributed by atoms with Crippen LogP contribution in [-0.2, 0) is 6.54 Å². The molecule has 0 spiro atoms. The Labute approximate surface area is 114 Å². The minimum Gasteiger partial charge on any atom is -0.297 e. The van der Waals surface area contributed by atoms with Crippen LogP contribution in [0.5, 0.6) is 0 Å². The zero-order chi connectivity index (χ0) is 13.1. The van der Waals surface area contributed by atoms with Crippen LogP contribution in [0.4, 0.5) is 0 Å². The highest BCUT2D eigenvalue weighted by atomic mass is 15.2. The number of aromatic nitrogens is 2. The first kappa shape index (κ1) is 12.4. The Morgan fingerprint density at radius 3 is 3.11 bits per heavy atom. The highest BCUT2D eigenvalue weighted by Crippen LogP contribution is 2.27. The van der Waals surface area contributed by atoms with Crippen molar-refractivity contribution in [3.8, 4) is 0 Å². The molecule has 2 aromatic rings. The average molecular weight is 255 g/mol. The van der Waals surface area contributed by atoms with E-state index in [0.717, 1.165) is 13.1 Å². The van der Waals surface area contributed by atoms with E-state index in [1.165, 1.54) is 36.2 Å². The van der Waals surface area contributed by atoms with Gasteiger partial charge in [-0.1, -0.05) is 29.8 Å². The van der Waals surface area contributed by atoms with Gasteiger partial charge in [-0.25, -0.2) is 0 Å². The molecule has 0 radical (unpaired) electrons. The quantitative estimate of drug-likeness (QED) is 0.914. The summed E-state index contributed by atoms with van der Waals surface area (Å²) in [6.07, 6.45) is 4.42. The summed E-state index contributed by atoms with van der Waals surface area (Å²) in [6, 6.07) is 11.0. The number of benzene rings is 1. The fraction of sp³-hybridized carbons (Fsp3) is 0.438. The second-order valence-corrected chi connectivity index (χ2v) is 5.57. The molecule has 1 fully saturated rings. The number of hydrogen-bond acceptors (Lipinski definition) is 2. The number of likely N-dealkylation sites (tertiary alicyclic amines) is 1. The molecule has 1 N–H and O–H groups in total. The van der Waals surface area contributed by atoms with Crippen LogP contribution in [0.25, 0.3) is 0 Å². The summed E-state index contributed by atoms with van der Waals surface area (Å²) in [7, 11) is 0. The van der Waals surface area contributed by atoms with Gasteiger partial charge in [-0.15, -0.1) is 0 Å². The van der Waals surface area contributed by atoms with Crippen LogP contribution in [0, 0.1) is 6.92 Å². The van der Waals surface area contributed by atoms with E-state index in [9.17, 15) is 0 Å². The highest BCUT2D eigenvalue weighted by Gasteiger charge is 2.21. The van der Waals surface area contributed by atoms with Crippen LogP contribution in [0.2, 0.25) is 0 Å². The predicted octanol–water partition coefficient (Wildman–Crippen LogP) is 3.10. The molecule has 3 nitrogen and oxygen atoms in total. The Morgan fingerprint density at radius 1 is 1.37 bits per heavy atom. The lowest BCUT2D eigenvalue weighted by Gasteiger charge is -2.32. The smallest absolute Gasteiger partial charge is 0.0492 e. The van der Waals surface area contributed by atoms with Gasteiger partial charge < -0.3 is 0 Å². The van der Waals surface area contributed by atoms with E-state index in [0.29, 0.717) is 5.92 Å². The monoisotopic (exact) mass is 255 g/mol. The lowest BCUT2D eigenvalue weighted by molar-refractivity contribution is 0.198. The molecule has 19 heavy (non-hydrogen) atoms. The fourth-order valence-corrected chi connectivity index (χ4v) is 3.01. The molecule has 2 heterocycles. The standard InChI is InChI=1S/C16H21N3/c1-13-4-2-5-14(10-13)15-6-3-9-19(11-15)12-16-7-8-17-18-16/h2,4-5,7-8,10,15H,3,6,9,11-12H2,1H3,(H,17,18)/t15-/m0/s1. The first-order valence-corrected chi connectivity index (χ1v) is 7.08. The number of piperidine rings is 1. The molecular weight excluding hydrogens is 234 g/mol. The third-order valence-corrected chi connectivity index (χ3v) is 3.97. The van der Waals surface area contributed by atoms with Gasteiger partial charge in [0.25, 0.3) is 0 Å². The average Bonchev–Trinajstić information content (AvgIpc) is 2.92. The largest absolute Gasteiger partial charge is 0.297 e. The number of aryl methyl sites for hydroxylation is 1. The Kier molecular flexibility index (Phi) is 3.65. The van der Waals surface area contributed by atoms with Crippen molar-refractivity contribution in [2.24, 2.45) is 0 Å². The second-order valence-electron chi connectivity index (χ2n) is 5.57. The molecule has 0 aliphatic carbocycles. The van der Waals surface area contributed by atoms with Crippen LogP contribution in [0.1, 0.15) is 35.6 Å². The van der Waals surface area contributed by atoms with Gasteiger partial charge in [0, 0.05) is 25.0 Å². The predicted molar refractivity (Wildman–Crippen MR) is 77.0 cm³/mol. The first-order valence-electron chi connectivity index (χ1n) is 7.08. The Hall–Kier alpha value is -1.61. The van der Waals surface area contributed by atoms with Crippen LogP contribution in [0.15, 0.2) is 36.5 Å². The summed E-state index contributed by atoms with van der Waals surface area (Å²) < 4.78 is 0. The molecule has 0 bridgehead atoms. The molecule has 0 amide bonds. The number of nitrogens with one attached hydrogen (secondary N) is 1. The van der Waals surface area contributed by atoms with Crippen molar-refractivity contribution in [1.82, 2.24) is 15.1 Å². The summed E-state index contributed by atoms with van der Waals surface area (Å²) in [5.74, 6) is 0.677. The molecule has 100 valence electrons. The van der Waals surface area contributed by atoms with E-state index >= 15 is 0 Å². The summed E-state index contributed by atoms with van der Waals surface area (Å²) in [5, 5.41) is 7.08. The third kappa shape index (κ3) is 3.04. The maximum atomic E-state index is 4.02. The maximum absolute atomic E-state index is 4.02. The normalized spacial score (nSPS) is 20.6. The van der Waals surface area contributed by atoms with Crippen molar-refractivity contribution in [2.75, 3.05) is 13.1 Å². The number of hydrogen-bond donors (Lipinski definition) is 1. The number of aromatic amines is 1. The lowest BCUT2D eigenvalue weighted by atomic mass is 9.90. The van der Waals surface area contributed by atoms with Gasteiger partial charge in [0.05, 0.1) is 0 Å². The van der Waals surface area contributed by atoms with Gasteiger partial charge in [-0.3, -0.25) is 10.00 Å². The summed E-state index contributed by atoms with van der Waals surface area (Å²) >= 11 is 0. The maximum Gasteiger partial charge on any atom is 0.0492 e. The summed E-state index contributed by atoms with van der Waals surface area (Å²) in [6.45, 7) is 5.51. The molecule has 3 rings (SSSR count). The van der Waals surface area contributed by atoms with Crippen LogP contribution in [0.3, 0.4) is 0 Å². The Balaban J connectivity index is 1.67. The topological polar surface area (TPSA) is 31.9 Å². The molecule has 0 saturated carbocycles. The molecule has 1 aromatic heterocycles. The number of rotatable bonds is 3. The first-order chi connectivity index (χ1) is 9.31. The summed E-state index contributed by atoms with van der Waals surface area (Å²) in [4.78, 5) is 2.53. The van der Waals surface area contributed by atoms with Gasteiger partial charge >= 0.3 is 0 Å². The van der Waals surface area contributed by atoms with E-state index in [-0.39, 0.29) is 0 Å². The molecule has 3 heteroatoms. The summed E-state index contributed by atoms with van der Waals surface area (Å²) in [5.41, 5.74) is 4.07. The van der Waals surface area contributed by atoms with Crippen molar-refractivity contribution in [2.45, 2.75) is 32.2 Å². The van der Waals surface area contributed by atoms with Gasteiger partial charge in [-0.2, -0.15) is 5.10 Å². The van der Waals surface area contributed by atoms with Crippen molar-refractivity contribution >= 4 is 0 Å². The van der Waals surface area contributed by atoms with E-state index in [1.54, 1.807) is 0 Å². The van der Waals surface area contributed by atoms with Crippen LogP contribution in [-0.4, -0.2) is 28.2 Å². The third-order valence-electron chi connectivity index (χ3n) is 3.97. The molecule has 1 aliphatic heterocycles. The Morgan fingerprint density at radius 2 is 2.32 bits per heavy atom. The van der Waals surface area contributed by atoms with Gasteiger partial charge in [0.1, 0.15) is 0 Å². The molecule has 1 atom stereocenters. The SMILES string of the molecule is Cc1cccc([C@H]2CCCN(Cc3ccn[nH]3)C2)c1. The number of nitrogens with zero attached hydrogens (tertiary/aromatic N) is 2. The second kappa shape index (κ2) is 5.57. The van der Waals surface area contributed by atoms with Gasteiger partial charge in [0.2, 0.25) is 0 Å². The molecule has 0 unspecified atom stereocenters. The highest BCUT2D eigenvalue weighted by molar-refractivity contribution is 5.26. The van der Waals surface area contributed by atoms with E-state index < -0.39 is 0 Å². The van der Waals surface area contributed by atoms with Gasteiger partial charge in [0.15, 0.2) is 0 Å². The van der Waals surface area contributed by atoms with E-state index in [1.807, 2.05) is 6.20 Å². The fourth-order valence-electron chi connectivity index (χ4n) is 3.01. The molecule has 1 aliphatic rings.